The van der Waals surface area contributed by atoms with Gasteiger partial charge in [0.1, 0.15) is 18.2 Å². The highest BCUT2D eigenvalue weighted by Gasteiger charge is 1.92. The number of alkyl halides is 1. The Balaban J connectivity index is 2.56. The Hall–Kier alpha value is -0.960. The third-order valence-electron chi connectivity index (χ3n) is 1.10. The van der Waals surface area contributed by atoms with Gasteiger partial charge in [0.15, 0.2) is 0 Å². The van der Waals surface area contributed by atoms with Crippen LogP contribution in [0.5, 0.6) is 5.75 Å². The summed E-state index contributed by atoms with van der Waals surface area (Å²) in [6.45, 7) is 0.491. The van der Waals surface area contributed by atoms with Gasteiger partial charge >= 0.3 is 0 Å². The molecule has 1 heterocycles. The Morgan fingerprint density at radius 2 is 2.45 bits per heavy atom. The molecule has 2 N–H and O–H groups in total. The van der Waals surface area contributed by atoms with Crippen molar-refractivity contribution in [2.45, 2.75) is 0 Å². The molecule has 0 saturated heterocycles. The van der Waals surface area contributed by atoms with E-state index < -0.39 is 0 Å². The minimum atomic E-state index is 0.456. The van der Waals surface area contributed by atoms with E-state index in [0.717, 1.165) is 0 Å². The molecule has 1 aromatic rings. The highest BCUT2D eigenvalue weighted by molar-refractivity contribution is 6.17. The Kier molecular flexibility index (Phi) is 2.98. The van der Waals surface area contributed by atoms with Crippen molar-refractivity contribution in [3.63, 3.8) is 0 Å². The number of hydrogen-bond acceptors (Lipinski definition) is 3. The quantitative estimate of drug-likeness (QED) is 0.699. The SMILES string of the molecule is Nc1cc(OCCCl)ccn1. The van der Waals surface area contributed by atoms with Gasteiger partial charge < -0.3 is 10.5 Å². The van der Waals surface area contributed by atoms with Gasteiger partial charge in [0.2, 0.25) is 0 Å². The summed E-state index contributed by atoms with van der Waals surface area (Å²) in [5.74, 6) is 1.64. The molecule has 0 aliphatic carbocycles. The molecule has 0 aliphatic rings. The number of nitrogens with two attached hydrogens (primary N) is 1. The van der Waals surface area contributed by atoms with Crippen molar-refractivity contribution in [1.82, 2.24) is 4.98 Å². The first-order valence-corrected chi connectivity index (χ1v) is 3.76. The molecule has 4 heteroatoms. The first-order chi connectivity index (χ1) is 5.33. The van der Waals surface area contributed by atoms with Crippen LogP contribution in [0.3, 0.4) is 0 Å². The zero-order valence-corrected chi connectivity index (χ0v) is 6.71. The molecule has 0 unspecified atom stereocenters. The Bertz CT molecular complexity index is 229. The number of aromatic nitrogens is 1. The topological polar surface area (TPSA) is 48.1 Å². The number of anilines is 1. The zero-order chi connectivity index (χ0) is 8.10. The number of ether oxygens (including phenoxy) is 1. The Morgan fingerprint density at radius 3 is 3.09 bits per heavy atom. The van der Waals surface area contributed by atoms with E-state index in [4.69, 9.17) is 22.1 Å². The van der Waals surface area contributed by atoms with Gasteiger partial charge in [-0.25, -0.2) is 4.98 Å². The van der Waals surface area contributed by atoms with Crippen molar-refractivity contribution >= 4 is 17.4 Å². The van der Waals surface area contributed by atoms with Crippen molar-refractivity contribution in [2.75, 3.05) is 18.2 Å². The molecule has 0 amide bonds. The van der Waals surface area contributed by atoms with Gasteiger partial charge in [0.05, 0.1) is 5.88 Å². The van der Waals surface area contributed by atoms with E-state index in [0.29, 0.717) is 24.1 Å². The second-order valence-corrected chi connectivity index (χ2v) is 2.33. The first kappa shape index (κ1) is 8.14. The molecule has 1 aromatic heterocycles. The standard InChI is InChI=1S/C7H9ClN2O/c8-2-4-11-6-1-3-10-7(9)5-6/h1,3,5H,2,4H2,(H2,9,10). The van der Waals surface area contributed by atoms with Crippen molar-refractivity contribution < 1.29 is 4.74 Å². The fraction of sp³-hybridized carbons (Fsp3) is 0.286. The second-order valence-electron chi connectivity index (χ2n) is 1.95. The summed E-state index contributed by atoms with van der Waals surface area (Å²) in [7, 11) is 0. The van der Waals surface area contributed by atoms with Gasteiger partial charge in [0, 0.05) is 12.3 Å². The summed E-state index contributed by atoms with van der Waals surface area (Å²) in [6.07, 6.45) is 1.60. The normalized spacial score (nSPS) is 9.55. The first-order valence-electron chi connectivity index (χ1n) is 3.23. The lowest BCUT2D eigenvalue weighted by atomic mass is 10.4. The number of halogens is 1. The molecule has 0 saturated carbocycles. The summed E-state index contributed by atoms with van der Waals surface area (Å²) < 4.78 is 5.18. The molecule has 0 atom stereocenters. The smallest absolute Gasteiger partial charge is 0.126 e. The number of nitrogens with zero attached hydrogens (tertiary/aromatic N) is 1. The lowest BCUT2D eigenvalue weighted by Gasteiger charge is -2.02. The van der Waals surface area contributed by atoms with Gasteiger partial charge in [-0.15, -0.1) is 11.6 Å². The molecule has 0 fully saturated rings. The molecular formula is C7H9ClN2O. The summed E-state index contributed by atoms with van der Waals surface area (Å²) in [4.78, 5) is 3.81. The van der Waals surface area contributed by atoms with Crippen LogP contribution < -0.4 is 10.5 Å². The molecule has 0 radical (unpaired) electrons. The largest absolute Gasteiger partial charge is 0.492 e. The Labute approximate surface area is 70.1 Å². The monoisotopic (exact) mass is 172 g/mol. The summed E-state index contributed by atoms with van der Waals surface area (Å²) >= 11 is 5.42. The van der Waals surface area contributed by atoms with Crippen molar-refractivity contribution in [3.8, 4) is 5.75 Å². The third-order valence-corrected chi connectivity index (χ3v) is 1.25. The highest BCUT2D eigenvalue weighted by Crippen LogP contribution is 2.11. The minimum Gasteiger partial charge on any atom is -0.492 e. The lowest BCUT2D eigenvalue weighted by molar-refractivity contribution is 0.342. The van der Waals surface area contributed by atoms with Crippen molar-refractivity contribution in [1.29, 1.82) is 0 Å². The van der Waals surface area contributed by atoms with Crippen LogP contribution in [-0.2, 0) is 0 Å². The van der Waals surface area contributed by atoms with E-state index >= 15 is 0 Å². The molecule has 0 bridgehead atoms. The summed E-state index contributed by atoms with van der Waals surface area (Å²) in [5.41, 5.74) is 5.41. The van der Waals surface area contributed by atoms with Gasteiger partial charge in [0.25, 0.3) is 0 Å². The van der Waals surface area contributed by atoms with E-state index in [1.807, 2.05) is 0 Å². The van der Waals surface area contributed by atoms with E-state index in [1.165, 1.54) is 0 Å². The highest BCUT2D eigenvalue weighted by atomic mass is 35.5. The maximum absolute atomic E-state index is 5.42. The molecule has 3 nitrogen and oxygen atoms in total. The Morgan fingerprint density at radius 1 is 1.64 bits per heavy atom. The van der Waals surface area contributed by atoms with Crippen LogP contribution in [0, 0.1) is 0 Å². The van der Waals surface area contributed by atoms with E-state index in [9.17, 15) is 0 Å². The molecule has 0 aromatic carbocycles. The third kappa shape index (κ3) is 2.63. The van der Waals surface area contributed by atoms with Crippen LogP contribution in [0.2, 0.25) is 0 Å². The van der Waals surface area contributed by atoms with Crippen LogP contribution >= 0.6 is 11.6 Å². The van der Waals surface area contributed by atoms with E-state index in [1.54, 1.807) is 18.3 Å². The fourth-order valence-electron chi connectivity index (χ4n) is 0.674. The number of rotatable bonds is 3. The predicted octanol–water partition coefficient (Wildman–Crippen LogP) is 1.28. The van der Waals surface area contributed by atoms with Crippen LogP contribution in [0.25, 0.3) is 0 Å². The maximum Gasteiger partial charge on any atom is 0.126 e. The maximum atomic E-state index is 5.42. The molecule has 11 heavy (non-hydrogen) atoms. The average Bonchev–Trinajstić information content (AvgIpc) is 2.01. The molecule has 60 valence electrons. The number of nitrogen functional groups attached to an aromatic ring is 1. The van der Waals surface area contributed by atoms with Crippen LogP contribution in [0.1, 0.15) is 0 Å². The van der Waals surface area contributed by atoms with Crippen LogP contribution in [0.15, 0.2) is 18.3 Å². The zero-order valence-electron chi connectivity index (χ0n) is 5.96. The van der Waals surface area contributed by atoms with Gasteiger partial charge in [-0.05, 0) is 6.07 Å². The van der Waals surface area contributed by atoms with Gasteiger partial charge in [-0.3, -0.25) is 0 Å². The molecular weight excluding hydrogens is 164 g/mol. The molecule has 0 spiro atoms. The minimum absolute atomic E-state index is 0.456. The molecule has 1 rings (SSSR count). The second kappa shape index (κ2) is 4.03. The van der Waals surface area contributed by atoms with Crippen LogP contribution in [-0.4, -0.2) is 17.5 Å². The van der Waals surface area contributed by atoms with Crippen molar-refractivity contribution in [3.05, 3.63) is 18.3 Å². The fourth-order valence-corrected chi connectivity index (χ4v) is 0.751. The van der Waals surface area contributed by atoms with Gasteiger partial charge in [-0.2, -0.15) is 0 Å². The van der Waals surface area contributed by atoms with Gasteiger partial charge in [-0.1, -0.05) is 0 Å². The summed E-state index contributed by atoms with van der Waals surface area (Å²) in [6, 6.07) is 3.40. The van der Waals surface area contributed by atoms with E-state index in [-0.39, 0.29) is 0 Å². The van der Waals surface area contributed by atoms with Crippen LogP contribution in [0.4, 0.5) is 5.82 Å². The summed E-state index contributed by atoms with van der Waals surface area (Å²) in [5, 5.41) is 0. The number of pyridine rings is 1. The average molecular weight is 173 g/mol. The lowest BCUT2D eigenvalue weighted by Crippen LogP contribution is -1.99. The van der Waals surface area contributed by atoms with E-state index in [2.05, 4.69) is 4.98 Å². The van der Waals surface area contributed by atoms with Crippen molar-refractivity contribution in [2.24, 2.45) is 0 Å². The predicted molar refractivity (Wildman–Crippen MR) is 44.9 cm³/mol. The number of hydrogen-bond donors (Lipinski definition) is 1. The molecule has 0 aliphatic heterocycles.